The Kier molecular flexibility index (Phi) is 3.33. The summed E-state index contributed by atoms with van der Waals surface area (Å²) in [6.45, 7) is 1.07. The molecule has 2 aromatic rings. The molecule has 5 heteroatoms. The van der Waals surface area contributed by atoms with Crippen molar-refractivity contribution in [2.24, 2.45) is 0 Å². The Morgan fingerprint density at radius 2 is 1.85 bits per heavy atom. The molecule has 2 aromatic carbocycles. The summed E-state index contributed by atoms with van der Waals surface area (Å²) in [5.41, 5.74) is 1.11. The summed E-state index contributed by atoms with van der Waals surface area (Å²) in [6, 6.07) is 10.1. The Balaban J connectivity index is 1.84. The summed E-state index contributed by atoms with van der Waals surface area (Å²) in [4.78, 5) is 0. The number of benzene rings is 2. The standard InChI is InChI=1S/C15H14FNO3/c1-18-11-3-4-13(12(16)9-11)17-10-2-5-14-15(8-10)20-7-6-19-14/h2-5,8-9,17H,6-7H2,1H3. The van der Waals surface area contributed by atoms with Crippen LogP contribution in [-0.4, -0.2) is 20.3 Å². The smallest absolute Gasteiger partial charge is 0.163 e. The van der Waals surface area contributed by atoms with Gasteiger partial charge in [0.2, 0.25) is 0 Å². The van der Waals surface area contributed by atoms with Gasteiger partial charge in [-0.3, -0.25) is 0 Å². The Hall–Kier alpha value is -2.43. The second-order valence-corrected chi connectivity index (χ2v) is 4.33. The molecule has 0 saturated heterocycles. The maximum atomic E-state index is 13.9. The molecular formula is C15H14FNO3. The van der Waals surface area contributed by atoms with Crippen molar-refractivity contribution in [2.45, 2.75) is 0 Å². The van der Waals surface area contributed by atoms with Gasteiger partial charge in [-0.15, -0.1) is 0 Å². The second-order valence-electron chi connectivity index (χ2n) is 4.33. The number of nitrogens with one attached hydrogen (secondary N) is 1. The molecule has 4 nitrogen and oxygen atoms in total. The first kappa shape index (κ1) is 12.6. The van der Waals surface area contributed by atoms with E-state index in [4.69, 9.17) is 14.2 Å². The van der Waals surface area contributed by atoms with E-state index < -0.39 is 0 Å². The summed E-state index contributed by atoms with van der Waals surface area (Å²) >= 11 is 0. The van der Waals surface area contributed by atoms with Gasteiger partial charge in [0.15, 0.2) is 11.5 Å². The normalized spacial score (nSPS) is 12.9. The van der Waals surface area contributed by atoms with Crippen molar-refractivity contribution >= 4 is 11.4 Å². The highest BCUT2D eigenvalue weighted by atomic mass is 19.1. The maximum Gasteiger partial charge on any atom is 0.163 e. The predicted octanol–water partition coefficient (Wildman–Crippen LogP) is 3.35. The van der Waals surface area contributed by atoms with E-state index >= 15 is 0 Å². The van der Waals surface area contributed by atoms with Gasteiger partial charge in [0.05, 0.1) is 12.8 Å². The number of fused-ring (bicyclic) bond motifs is 1. The van der Waals surface area contributed by atoms with Gasteiger partial charge in [-0.25, -0.2) is 4.39 Å². The molecule has 1 aliphatic heterocycles. The van der Waals surface area contributed by atoms with Crippen LogP contribution in [0.3, 0.4) is 0 Å². The summed E-state index contributed by atoms with van der Waals surface area (Å²) in [6.07, 6.45) is 0. The molecule has 0 bridgehead atoms. The molecule has 0 aromatic heterocycles. The van der Waals surface area contributed by atoms with E-state index in [1.165, 1.54) is 13.2 Å². The fourth-order valence-electron chi connectivity index (χ4n) is 2.00. The zero-order valence-corrected chi connectivity index (χ0v) is 11.0. The zero-order valence-electron chi connectivity index (χ0n) is 11.0. The molecule has 0 atom stereocenters. The van der Waals surface area contributed by atoms with Gasteiger partial charge in [-0.1, -0.05) is 0 Å². The lowest BCUT2D eigenvalue weighted by Crippen LogP contribution is -2.15. The van der Waals surface area contributed by atoms with Crippen LogP contribution in [0.25, 0.3) is 0 Å². The molecule has 0 radical (unpaired) electrons. The minimum atomic E-state index is -0.376. The van der Waals surface area contributed by atoms with Gasteiger partial charge >= 0.3 is 0 Å². The van der Waals surface area contributed by atoms with Gasteiger partial charge < -0.3 is 19.5 Å². The van der Waals surface area contributed by atoms with E-state index in [1.807, 2.05) is 6.07 Å². The van der Waals surface area contributed by atoms with Gasteiger partial charge in [0.1, 0.15) is 24.8 Å². The van der Waals surface area contributed by atoms with Crippen LogP contribution in [0.5, 0.6) is 17.2 Å². The number of methoxy groups -OCH3 is 1. The Labute approximate surface area is 116 Å². The van der Waals surface area contributed by atoms with E-state index in [0.717, 1.165) is 5.69 Å². The minimum Gasteiger partial charge on any atom is -0.497 e. The molecule has 0 fully saturated rings. The third-order valence-corrected chi connectivity index (χ3v) is 3.00. The first-order valence-electron chi connectivity index (χ1n) is 6.26. The lowest BCUT2D eigenvalue weighted by atomic mass is 10.2. The van der Waals surface area contributed by atoms with Crippen molar-refractivity contribution in [3.63, 3.8) is 0 Å². The van der Waals surface area contributed by atoms with E-state index in [-0.39, 0.29) is 5.82 Å². The Morgan fingerprint density at radius 3 is 2.60 bits per heavy atom. The predicted molar refractivity (Wildman–Crippen MR) is 73.7 cm³/mol. The van der Waals surface area contributed by atoms with Crippen LogP contribution in [0.1, 0.15) is 0 Å². The van der Waals surface area contributed by atoms with Crippen molar-refractivity contribution in [1.82, 2.24) is 0 Å². The van der Waals surface area contributed by atoms with Crippen LogP contribution in [0.2, 0.25) is 0 Å². The van der Waals surface area contributed by atoms with Crippen LogP contribution in [0, 0.1) is 5.82 Å². The molecule has 1 N–H and O–H groups in total. The van der Waals surface area contributed by atoms with Crippen molar-refractivity contribution in [3.05, 3.63) is 42.2 Å². The first-order chi connectivity index (χ1) is 9.76. The monoisotopic (exact) mass is 275 g/mol. The molecule has 20 heavy (non-hydrogen) atoms. The fourth-order valence-corrected chi connectivity index (χ4v) is 2.00. The number of anilines is 2. The second kappa shape index (κ2) is 5.28. The molecule has 104 valence electrons. The van der Waals surface area contributed by atoms with Crippen LogP contribution >= 0.6 is 0 Å². The number of ether oxygens (including phenoxy) is 3. The largest absolute Gasteiger partial charge is 0.497 e. The molecular weight excluding hydrogens is 261 g/mol. The third kappa shape index (κ3) is 2.47. The Morgan fingerprint density at radius 1 is 1.05 bits per heavy atom. The number of hydrogen-bond donors (Lipinski definition) is 1. The summed E-state index contributed by atoms with van der Waals surface area (Å²) in [7, 11) is 1.50. The highest BCUT2D eigenvalue weighted by Crippen LogP contribution is 2.34. The lowest BCUT2D eigenvalue weighted by molar-refractivity contribution is 0.171. The lowest BCUT2D eigenvalue weighted by Gasteiger charge is -2.19. The molecule has 0 saturated carbocycles. The van der Waals surface area contributed by atoms with Gasteiger partial charge in [-0.05, 0) is 24.3 Å². The summed E-state index contributed by atoms with van der Waals surface area (Å²) in [5.74, 6) is 1.47. The molecule has 0 aliphatic carbocycles. The van der Waals surface area contributed by atoms with E-state index in [9.17, 15) is 4.39 Å². The van der Waals surface area contributed by atoms with Crippen LogP contribution < -0.4 is 19.5 Å². The van der Waals surface area contributed by atoms with Crippen molar-refractivity contribution in [3.8, 4) is 17.2 Å². The van der Waals surface area contributed by atoms with Crippen molar-refractivity contribution < 1.29 is 18.6 Å². The van der Waals surface area contributed by atoms with E-state index in [0.29, 0.717) is 36.1 Å². The van der Waals surface area contributed by atoms with Crippen LogP contribution in [0.4, 0.5) is 15.8 Å². The van der Waals surface area contributed by atoms with E-state index in [1.54, 1.807) is 24.3 Å². The Bertz CT molecular complexity index is 631. The van der Waals surface area contributed by atoms with Crippen molar-refractivity contribution in [2.75, 3.05) is 25.6 Å². The SMILES string of the molecule is COc1ccc(Nc2ccc3c(c2)OCCO3)c(F)c1. The highest BCUT2D eigenvalue weighted by molar-refractivity contribution is 5.64. The average Bonchev–Trinajstić information content (AvgIpc) is 2.49. The molecule has 1 aliphatic rings. The first-order valence-corrected chi connectivity index (χ1v) is 6.26. The number of hydrogen-bond acceptors (Lipinski definition) is 4. The van der Waals surface area contributed by atoms with Crippen molar-refractivity contribution in [1.29, 1.82) is 0 Å². The molecule has 0 amide bonds. The van der Waals surface area contributed by atoms with Crippen LogP contribution in [0.15, 0.2) is 36.4 Å². The fraction of sp³-hybridized carbons (Fsp3) is 0.200. The molecule has 0 spiro atoms. The van der Waals surface area contributed by atoms with Gasteiger partial charge in [-0.2, -0.15) is 0 Å². The molecule has 1 heterocycles. The summed E-state index contributed by atoms with van der Waals surface area (Å²) in [5, 5.41) is 3.01. The zero-order chi connectivity index (χ0) is 13.9. The third-order valence-electron chi connectivity index (χ3n) is 3.00. The van der Waals surface area contributed by atoms with E-state index in [2.05, 4.69) is 5.32 Å². The number of rotatable bonds is 3. The van der Waals surface area contributed by atoms with Gasteiger partial charge in [0.25, 0.3) is 0 Å². The highest BCUT2D eigenvalue weighted by Gasteiger charge is 2.12. The maximum absolute atomic E-state index is 13.9. The number of halogens is 1. The summed E-state index contributed by atoms with van der Waals surface area (Å²) < 4.78 is 29.8. The topological polar surface area (TPSA) is 39.7 Å². The molecule has 3 rings (SSSR count). The molecule has 0 unspecified atom stereocenters. The average molecular weight is 275 g/mol. The quantitative estimate of drug-likeness (QED) is 0.932. The van der Waals surface area contributed by atoms with Gasteiger partial charge in [0, 0.05) is 17.8 Å². The minimum absolute atomic E-state index is 0.376. The van der Waals surface area contributed by atoms with Crippen LogP contribution in [-0.2, 0) is 0 Å².